The quantitative estimate of drug-likeness (QED) is 0.704. The molecule has 3 aromatic rings. The van der Waals surface area contributed by atoms with Gasteiger partial charge in [-0.05, 0) is 46.4 Å². The molecule has 0 radical (unpaired) electrons. The van der Waals surface area contributed by atoms with Gasteiger partial charge in [0.05, 0.1) is 6.61 Å². The molecule has 0 unspecified atom stereocenters. The molecular weight excluding hydrogens is 349 g/mol. The number of para-hydroxylation sites is 1. The molecule has 0 amide bonds. The van der Waals surface area contributed by atoms with Gasteiger partial charge in [0.15, 0.2) is 0 Å². The third-order valence-electron chi connectivity index (χ3n) is 3.31. The van der Waals surface area contributed by atoms with Crippen LogP contribution in [0.3, 0.4) is 0 Å². The Kier molecular flexibility index (Phi) is 3.57. The summed E-state index contributed by atoms with van der Waals surface area (Å²) in [6.45, 7) is 0.914. The van der Waals surface area contributed by atoms with Crippen LogP contribution in [0.25, 0.3) is 10.9 Å². The van der Waals surface area contributed by atoms with Crippen molar-refractivity contribution >= 4 is 33.5 Å². The number of benzene rings is 2. The lowest BCUT2D eigenvalue weighted by molar-refractivity contribution is 0.283. The molecule has 0 bridgehead atoms. The molecule has 96 valence electrons. The Labute approximate surface area is 125 Å². The van der Waals surface area contributed by atoms with Crippen molar-refractivity contribution < 1.29 is 5.11 Å². The van der Waals surface area contributed by atoms with Gasteiger partial charge >= 0.3 is 0 Å². The number of halogens is 1. The van der Waals surface area contributed by atoms with Gasteiger partial charge in [0.1, 0.15) is 0 Å². The van der Waals surface area contributed by atoms with Crippen LogP contribution < -0.4 is 0 Å². The van der Waals surface area contributed by atoms with Crippen molar-refractivity contribution in [3.8, 4) is 0 Å². The van der Waals surface area contributed by atoms with Crippen molar-refractivity contribution in [2.24, 2.45) is 0 Å². The second-order valence-corrected chi connectivity index (χ2v) is 5.83. The van der Waals surface area contributed by atoms with Crippen LogP contribution in [0.1, 0.15) is 11.1 Å². The van der Waals surface area contributed by atoms with Gasteiger partial charge in [-0.1, -0.05) is 30.3 Å². The summed E-state index contributed by atoms with van der Waals surface area (Å²) in [4.78, 5) is 0. The smallest absolute Gasteiger partial charge is 0.0702 e. The van der Waals surface area contributed by atoms with Crippen LogP contribution in [-0.4, -0.2) is 9.67 Å². The summed E-state index contributed by atoms with van der Waals surface area (Å²) in [5, 5.41) is 10.6. The van der Waals surface area contributed by atoms with Crippen molar-refractivity contribution in [2.75, 3.05) is 0 Å². The molecule has 2 aromatic carbocycles. The molecule has 2 nitrogen and oxygen atoms in total. The van der Waals surface area contributed by atoms with Crippen LogP contribution in [0, 0.1) is 3.57 Å². The van der Waals surface area contributed by atoms with Crippen LogP contribution >= 0.6 is 22.6 Å². The molecule has 3 rings (SSSR count). The average Bonchev–Trinajstić information content (AvgIpc) is 2.80. The van der Waals surface area contributed by atoms with E-state index in [1.165, 1.54) is 14.7 Å². The number of hydrogen-bond acceptors (Lipinski definition) is 1. The van der Waals surface area contributed by atoms with E-state index in [9.17, 15) is 5.11 Å². The molecule has 1 aromatic heterocycles. The highest BCUT2D eigenvalue weighted by molar-refractivity contribution is 14.1. The Bertz CT molecular complexity index is 700. The molecule has 0 fully saturated rings. The van der Waals surface area contributed by atoms with Crippen molar-refractivity contribution in [3.63, 3.8) is 0 Å². The van der Waals surface area contributed by atoms with Gasteiger partial charge < -0.3 is 9.67 Å². The molecule has 3 heteroatoms. The molecule has 0 saturated heterocycles. The normalized spacial score (nSPS) is 11.1. The van der Waals surface area contributed by atoms with Gasteiger partial charge in [0.2, 0.25) is 0 Å². The van der Waals surface area contributed by atoms with Crippen molar-refractivity contribution in [3.05, 3.63) is 69.4 Å². The van der Waals surface area contributed by atoms with Crippen molar-refractivity contribution in [1.82, 2.24) is 4.57 Å². The number of nitrogens with zero attached hydrogens (tertiary/aromatic N) is 1. The molecule has 0 aliphatic heterocycles. The standard InChI is InChI=1S/C16H14INO/c17-14-7-5-12(6-8-14)9-18-10-13(11-19)15-3-1-2-4-16(15)18/h1-8,10,19H,9,11H2. The minimum absolute atomic E-state index is 0.0835. The van der Waals surface area contributed by atoms with Crippen LogP contribution in [-0.2, 0) is 13.2 Å². The van der Waals surface area contributed by atoms with Gasteiger partial charge in [-0.15, -0.1) is 0 Å². The largest absolute Gasteiger partial charge is 0.392 e. The lowest BCUT2D eigenvalue weighted by atomic mass is 10.2. The van der Waals surface area contributed by atoms with Gasteiger partial charge in [-0.3, -0.25) is 0 Å². The highest BCUT2D eigenvalue weighted by atomic mass is 127. The third kappa shape index (κ3) is 2.53. The fraction of sp³-hybridized carbons (Fsp3) is 0.125. The molecule has 1 heterocycles. The Morgan fingerprint density at radius 3 is 2.47 bits per heavy atom. The maximum absolute atomic E-state index is 9.44. The van der Waals surface area contributed by atoms with E-state index in [0.717, 1.165) is 17.5 Å². The molecule has 0 saturated carbocycles. The fourth-order valence-electron chi connectivity index (χ4n) is 2.37. The van der Waals surface area contributed by atoms with Crippen LogP contribution in [0.2, 0.25) is 0 Å². The molecule has 0 atom stereocenters. The predicted molar refractivity (Wildman–Crippen MR) is 86.1 cm³/mol. The summed E-state index contributed by atoms with van der Waals surface area (Å²) in [5.74, 6) is 0. The number of rotatable bonds is 3. The number of aliphatic hydroxyl groups excluding tert-OH is 1. The number of fused-ring (bicyclic) bond motifs is 1. The minimum atomic E-state index is 0.0835. The topological polar surface area (TPSA) is 25.2 Å². The maximum atomic E-state index is 9.44. The lowest BCUT2D eigenvalue weighted by Gasteiger charge is -2.05. The van der Waals surface area contributed by atoms with E-state index in [1.807, 2.05) is 18.3 Å². The Hall–Kier alpha value is -1.33. The van der Waals surface area contributed by atoms with E-state index in [-0.39, 0.29) is 6.61 Å². The molecule has 0 spiro atoms. The predicted octanol–water partition coefficient (Wildman–Crippen LogP) is 3.79. The summed E-state index contributed by atoms with van der Waals surface area (Å²) < 4.78 is 3.44. The zero-order valence-electron chi connectivity index (χ0n) is 10.4. The first-order valence-corrected chi connectivity index (χ1v) is 7.28. The van der Waals surface area contributed by atoms with E-state index in [2.05, 4.69) is 63.6 Å². The average molecular weight is 363 g/mol. The molecule has 19 heavy (non-hydrogen) atoms. The Morgan fingerprint density at radius 1 is 1.00 bits per heavy atom. The van der Waals surface area contributed by atoms with E-state index in [1.54, 1.807) is 0 Å². The summed E-state index contributed by atoms with van der Waals surface area (Å²) in [7, 11) is 0. The highest BCUT2D eigenvalue weighted by Gasteiger charge is 2.07. The Morgan fingerprint density at radius 2 is 1.74 bits per heavy atom. The first-order chi connectivity index (χ1) is 9.28. The monoisotopic (exact) mass is 363 g/mol. The van der Waals surface area contributed by atoms with Gasteiger partial charge in [0, 0.05) is 32.8 Å². The minimum Gasteiger partial charge on any atom is -0.392 e. The van der Waals surface area contributed by atoms with E-state index < -0.39 is 0 Å². The van der Waals surface area contributed by atoms with E-state index in [0.29, 0.717) is 0 Å². The SMILES string of the molecule is OCc1cn(Cc2ccc(I)cc2)c2ccccc12. The second-order valence-electron chi connectivity index (χ2n) is 4.58. The number of aliphatic hydroxyl groups is 1. The van der Waals surface area contributed by atoms with Gasteiger partial charge in [0.25, 0.3) is 0 Å². The second kappa shape index (κ2) is 5.35. The van der Waals surface area contributed by atoms with Crippen molar-refractivity contribution in [2.45, 2.75) is 13.2 Å². The van der Waals surface area contributed by atoms with Gasteiger partial charge in [-0.25, -0.2) is 0 Å². The molecular formula is C16H14INO. The number of aromatic nitrogens is 1. The maximum Gasteiger partial charge on any atom is 0.0702 e. The molecule has 0 aliphatic carbocycles. The van der Waals surface area contributed by atoms with Crippen LogP contribution in [0.15, 0.2) is 54.7 Å². The molecule has 1 N–H and O–H groups in total. The summed E-state index contributed by atoms with van der Waals surface area (Å²) >= 11 is 2.31. The fourth-order valence-corrected chi connectivity index (χ4v) is 2.73. The zero-order valence-corrected chi connectivity index (χ0v) is 12.5. The summed E-state index contributed by atoms with van der Waals surface area (Å²) in [6.07, 6.45) is 2.04. The Balaban J connectivity index is 2.03. The van der Waals surface area contributed by atoms with Crippen LogP contribution in [0.5, 0.6) is 0 Å². The number of hydrogen-bond donors (Lipinski definition) is 1. The highest BCUT2D eigenvalue weighted by Crippen LogP contribution is 2.22. The van der Waals surface area contributed by atoms with E-state index in [4.69, 9.17) is 0 Å². The summed E-state index contributed by atoms with van der Waals surface area (Å²) in [5.41, 5.74) is 3.43. The van der Waals surface area contributed by atoms with E-state index >= 15 is 0 Å². The van der Waals surface area contributed by atoms with Gasteiger partial charge in [-0.2, -0.15) is 0 Å². The first-order valence-electron chi connectivity index (χ1n) is 6.20. The zero-order chi connectivity index (χ0) is 13.2. The van der Waals surface area contributed by atoms with Crippen LogP contribution in [0.4, 0.5) is 0 Å². The summed E-state index contributed by atoms with van der Waals surface area (Å²) in [6, 6.07) is 16.7. The van der Waals surface area contributed by atoms with Crippen molar-refractivity contribution in [1.29, 1.82) is 0 Å². The third-order valence-corrected chi connectivity index (χ3v) is 4.03. The lowest BCUT2D eigenvalue weighted by Crippen LogP contribution is -1.97. The molecule has 0 aliphatic rings. The first kappa shape index (κ1) is 12.7.